The number of aromatic nitrogens is 2. The van der Waals surface area contributed by atoms with Crippen LogP contribution in [-0.4, -0.2) is 21.2 Å². The summed E-state index contributed by atoms with van der Waals surface area (Å²) in [6.45, 7) is 1.90. The van der Waals surface area contributed by atoms with Crippen molar-refractivity contribution in [2.75, 3.05) is 5.75 Å². The van der Waals surface area contributed by atoms with Crippen molar-refractivity contribution >= 4 is 28.7 Å². The van der Waals surface area contributed by atoms with E-state index in [1.807, 2.05) is 73.7 Å². The van der Waals surface area contributed by atoms with Crippen molar-refractivity contribution in [2.24, 2.45) is 0 Å². The second-order valence-electron chi connectivity index (χ2n) is 6.15. The fraction of sp³-hybridized carbons (Fsp3) is 0.143. The lowest BCUT2D eigenvalue weighted by atomic mass is 10.2. The molecule has 4 aromatic rings. The van der Waals surface area contributed by atoms with Crippen LogP contribution in [0.3, 0.4) is 0 Å². The lowest BCUT2D eigenvalue weighted by Crippen LogP contribution is -2.28. The van der Waals surface area contributed by atoms with E-state index in [-0.39, 0.29) is 17.7 Å². The molecule has 5 nitrogen and oxygen atoms in total. The van der Waals surface area contributed by atoms with E-state index in [0.29, 0.717) is 0 Å². The Morgan fingerprint density at radius 3 is 2.67 bits per heavy atom. The van der Waals surface area contributed by atoms with Crippen LogP contribution in [-0.2, 0) is 4.79 Å². The minimum absolute atomic E-state index is 0.0597. The van der Waals surface area contributed by atoms with Crippen molar-refractivity contribution in [1.29, 1.82) is 0 Å². The van der Waals surface area contributed by atoms with Gasteiger partial charge in [0.25, 0.3) is 0 Å². The number of fused-ring (bicyclic) bond motifs is 1. The molecule has 0 bridgehead atoms. The highest BCUT2D eigenvalue weighted by atomic mass is 32.2. The van der Waals surface area contributed by atoms with E-state index in [4.69, 9.17) is 9.40 Å². The molecule has 0 aliphatic carbocycles. The van der Waals surface area contributed by atoms with Gasteiger partial charge in [0, 0.05) is 5.69 Å². The predicted molar refractivity (Wildman–Crippen MR) is 107 cm³/mol. The molecule has 0 fully saturated rings. The highest BCUT2D eigenvalue weighted by Crippen LogP contribution is 2.28. The molecule has 0 radical (unpaired) electrons. The SMILES string of the molecule is C[C@@H](NC(=O)CSc1nc2ccccc2n1-c1ccccc1)c1ccco1. The van der Waals surface area contributed by atoms with Crippen molar-refractivity contribution < 1.29 is 9.21 Å². The van der Waals surface area contributed by atoms with Gasteiger partial charge in [-0.15, -0.1) is 0 Å². The third-order valence-electron chi connectivity index (χ3n) is 4.22. The van der Waals surface area contributed by atoms with Crippen LogP contribution in [0, 0.1) is 0 Å². The van der Waals surface area contributed by atoms with Crippen molar-refractivity contribution in [2.45, 2.75) is 18.1 Å². The van der Waals surface area contributed by atoms with Gasteiger partial charge in [0.2, 0.25) is 5.91 Å². The van der Waals surface area contributed by atoms with Crippen LogP contribution >= 0.6 is 11.8 Å². The zero-order chi connectivity index (χ0) is 18.6. The van der Waals surface area contributed by atoms with Crippen LogP contribution in [0.5, 0.6) is 0 Å². The molecule has 1 atom stereocenters. The Bertz CT molecular complexity index is 1040. The highest BCUT2D eigenvalue weighted by molar-refractivity contribution is 7.99. The molecule has 1 N–H and O–H groups in total. The standard InChI is InChI=1S/C21H19N3O2S/c1-15(19-12-7-13-26-19)22-20(25)14-27-21-23-17-10-5-6-11-18(17)24(21)16-8-3-2-4-9-16/h2-13,15H,14H2,1H3,(H,22,25)/t15-/m1/s1. The fourth-order valence-corrected chi connectivity index (χ4v) is 3.79. The topological polar surface area (TPSA) is 60.1 Å². The zero-order valence-electron chi connectivity index (χ0n) is 14.8. The molecule has 0 unspecified atom stereocenters. The maximum Gasteiger partial charge on any atom is 0.231 e. The number of rotatable bonds is 6. The van der Waals surface area contributed by atoms with Gasteiger partial charge in [-0.05, 0) is 43.3 Å². The first-order valence-corrected chi connectivity index (χ1v) is 9.69. The van der Waals surface area contributed by atoms with Gasteiger partial charge in [-0.1, -0.05) is 42.1 Å². The second kappa shape index (κ2) is 7.72. The molecule has 1 amide bonds. The average Bonchev–Trinajstić information content (AvgIpc) is 3.35. The molecular formula is C21H19N3O2S. The van der Waals surface area contributed by atoms with Crippen molar-refractivity contribution in [3.63, 3.8) is 0 Å². The summed E-state index contributed by atoms with van der Waals surface area (Å²) >= 11 is 1.42. The molecule has 2 aromatic carbocycles. The average molecular weight is 377 g/mol. The first-order chi connectivity index (χ1) is 13.2. The highest BCUT2D eigenvalue weighted by Gasteiger charge is 2.16. The minimum Gasteiger partial charge on any atom is -0.467 e. The lowest BCUT2D eigenvalue weighted by molar-refractivity contribution is -0.119. The number of furan rings is 1. The number of hydrogen-bond donors (Lipinski definition) is 1. The largest absolute Gasteiger partial charge is 0.467 e. The number of hydrogen-bond acceptors (Lipinski definition) is 4. The Balaban J connectivity index is 1.54. The number of thioether (sulfide) groups is 1. The molecular weight excluding hydrogens is 358 g/mol. The third kappa shape index (κ3) is 3.75. The van der Waals surface area contributed by atoms with E-state index >= 15 is 0 Å². The van der Waals surface area contributed by atoms with Crippen LogP contribution in [0.2, 0.25) is 0 Å². The number of carbonyl (C=O) groups is 1. The predicted octanol–water partition coefficient (Wildman–Crippen LogP) is 4.59. The van der Waals surface area contributed by atoms with Crippen molar-refractivity contribution in [3.8, 4) is 5.69 Å². The van der Waals surface area contributed by atoms with E-state index in [0.717, 1.165) is 27.6 Å². The molecule has 4 rings (SSSR count). The lowest BCUT2D eigenvalue weighted by Gasteiger charge is -2.12. The van der Waals surface area contributed by atoms with Gasteiger partial charge < -0.3 is 9.73 Å². The van der Waals surface area contributed by atoms with Gasteiger partial charge in [0.15, 0.2) is 5.16 Å². The first-order valence-electron chi connectivity index (χ1n) is 8.71. The maximum atomic E-state index is 12.4. The quantitative estimate of drug-likeness (QED) is 0.499. The summed E-state index contributed by atoms with van der Waals surface area (Å²) in [4.78, 5) is 17.1. The summed E-state index contributed by atoms with van der Waals surface area (Å²) in [5.74, 6) is 0.960. The number of para-hydroxylation sites is 3. The Morgan fingerprint density at radius 2 is 1.89 bits per heavy atom. The molecule has 2 aromatic heterocycles. The molecule has 27 heavy (non-hydrogen) atoms. The van der Waals surface area contributed by atoms with Crippen LogP contribution in [0.1, 0.15) is 18.7 Å². The Morgan fingerprint density at radius 1 is 1.11 bits per heavy atom. The molecule has 0 aliphatic heterocycles. The normalized spacial score (nSPS) is 12.2. The first kappa shape index (κ1) is 17.4. The minimum atomic E-state index is -0.166. The zero-order valence-corrected chi connectivity index (χ0v) is 15.6. The summed E-state index contributed by atoms with van der Waals surface area (Å²) in [5, 5.41) is 3.75. The molecule has 0 saturated heterocycles. The van der Waals surface area contributed by atoms with Gasteiger partial charge in [-0.2, -0.15) is 0 Å². The summed E-state index contributed by atoms with van der Waals surface area (Å²) in [7, 11) is 0. The number of carbonyl (C=O) groups excluding carboxylic acids is 1. The van der Waals surface area contributed by atoms with Crippen LogP contribution in [0.25, 0.3) is 16.7 Å². The van der Waals surface area contributed by atoms with Gasteiger partial charge in [-0.25, -0.2) is 4.98 Å². The number of nitrogens with zero attached hydrogens (tertiary/aromatic N) is 2. The van der Waals surface area contributed by atoms with Gasteiger partial charge in [0.1, 0.15) is 5.76 Å². The van der Waals surface area contributed by atoms with Crippen LogP contribution < -0.4 is 5.32 Å². The van der Waals surface area contributed by atoms with Gasteiger partial charge in [0.05, 0.1) is 29.1 Å². The van der Waals surface area contributed by atoms with E-state index in [9.17, 15) is 4.79 Å². The van der Waals surface area contributed by atoms with Crippen molar-refractivity contribution in [3.05, 3.63) is 78.8 Å². The molecule has 0 spiro atoms. The third-order valence-corrected chi connectivity index (χ3v) is 5.16. The number of nitrogens with one attached hydrogen (secondary N) is 1. The number of amides is 1. The van der Waals surface area contributed by atoms with Crippen LogP contribution in [0.4, 0.5) is 0 Å². The van der Waals surface area contributed by atoms with E-state index < -0.39 is 0 Å². The molecule has 6 heteroatoms. The smallest absolute Gasteiger partial charge is 0.231 e. The van der Waals surface area contributed by atoms with E-state index in [1.165, 1.54) is 11.8 Å². The van der Waals surface area contributed by atoms with E-state index in [1.54, 1.807) is 6.26 Å². The van der Waals surface area contributed by atoms with Crippen LogP contribution in [0.15, 0.2) is 82.6 Å². The molecule has 0 saturated carbocycles. The second-order valence-corrected chi connectivity index (χ2v) is 7.09. The molecule has 0 aliphatic rings. The van der Waals surface area contributed by atoms with Gasteiger partial charge in [-0.3, -0.25) is 9.36 Å². The van der Waals surface area contributed by atoms with E-state index in [2.05, 4.69) is 9.88 Å². The summed E-state index contributed by atoms with van der Waals surface area (Å²) in [5.41, 5.74) is 2.96. The Kier molecular flexibility index (Phi) is 4.98. The number of imidazole rings is 1. The number of benzene rings is 2. The fourth-order valence-electron chi connectivity index (χ4n) is 2.95. The van der Waals surface area contributed by atoms with Gasteiger partial charge >= 0.3 is 0 Å². The maximum absolute atomic E-state index is 12.4. The summed E-state index contributed by atoms with van der Waals surface area (Å²) in [6.07, 6.45) is 1.61. The summed E-state index contributed by atoms with van der Waals surface area (Å²) in [6, 6.07) is 21.5. The monoisotopic (exact) mass is 377 g/mol. The Hall–Kier alpha value is -2.99. The molecule has 2 heterocycles. The molecule has 136 valence electrons. The Labute approximate surface area is 161 Å². The van der Waals surface area contributed by atoms with Crippen molar-refractivity contribution in [1.82, 2.24) is 14.9 Å². The summed E-state index contributed by atoms with van der Waals surface area (Å²) < 4.78 is 7.42.